The fraction of sp³-hybridized carbons (Fsp3) is 0.545. The zero-order valence-corrected chi connectivity index (χ0v) is 8.89. The predicted octanol–water partition coefficient (Wildman–Crippen LogP) is 1.63. The molecule has 15 heavy (non-hydrogen) atoms. The highest BCUT2D eigenvalue weighted by atomic mass is 16.5. The van der Waals surface area contributed by atoms with Crippen molar-refractivity contribution >= 4 is 0 Å². The zero-order valence-electron chi connectivity index (χ0n) is 8.89. The molecule has 0 saturated heterocycles. The summed E-state index contributed by atoms with van der Waals surface area (Å²) in [5.74, 6) is 0. The Bertz CT molecular complexity index is 357. The second-order valence-corrected chi connectivity index (χ2v) is 3.64. The summed E-state index contributed by atoms with van der Waals surface area (Å²) in [5.41, 5.74) is 1.78. The first-order valence-electron chi connectivity index (χ1n) is 5.33. The molecule has 1 aromatic rings. The molecule has 1 aliphatic heterocycles. The number of nitrogens with zero attached hydrogens (tertiary/aromatic N) is 2. The van der Waals surface area contributed by atoms with Gasteiger partial charge in [-0.2, -0.15) is 5.10 Å². The minimum Gasteiger partial charge on any atom is -0.501 e. The van der Waals surface area contributed by atoms with Crippen molar-refractivity contribution in [3.05, 3.63) is 29.8 Å². The maximum Gasteiger partial charge on any atom is 0.120 e. The van der Waals surface area contributed by atoms with Gasteiger partial charge in [0.05, 0.1) is 18.6 Å². The first-order valence-corrected chi connectivity index (χ1v) is 5.33. The third kappa shape index (κ3) is 2.04. The van der Waals surface area contributed by atoms with E-state index in [1.807, 2.05) is 13.0 Å². The largest absolute Gasteiger partial charge is 0.501 e. The van der Waals surface area contributed by atoms with Gasteiger partial charge in [-0.25, -0.2) is 0 Å². The normalized spacial score (nSPS) is 18.1. The molecule has 1 aromatic heterocycles. The molecule has 4 nitrogen and oxygen atoms in total. The van der Waals surface area contributed by atoms with E-state index in [1.54, 1.807) is 17.1 Å². The Balaban J connectivity index is 2.19. The highest BCUT2D eigenvalue weighted by molar-refractivity contribution is 5.19. The lowest BCUT2D eigenvalue weighted by Gasteiger charge is -2.19. The Labute approximate surface area is 89.2 Å². The fourth-order valence-corrected chi connectivity index (χ4v) is 1.82. The maximum absolute atomic E-state index is 10.1. The zero-order chi connectivity index (χ0) is 10.7. The highest BCUT2D eigenvalue weighted by Gasteiger charge is 2.19. The predicted molar refractivity (Wildman–Crippen MR) is 56.1 cm³/mol. The molecule has 0 amide bonds. The van der Waals surface area contributed by atoms with Crippen LogP contribution in [0.1, 0.15) is 31.6 Å². The van der Waals surface area contributed by atoms with E-state index >= 15 is 0 Å². The molecule has 82 valence electrons. The van der Waals surface area contributed by atoms with Crippen molar-refractivity contribution in [2.75, 3.05) is 6.61 Å². The Morgan fingerprint density at radius 1 is 1.67 bits per heavy atom. The van der Waals surface area contributed by atoms with Crippen LogP contribution in [0.15, 0.2) is 24.1 Å². The monoisotopic (exact) mass is 208 g/mol. The summed E-state index contributed by atoms with van der Waals surface area (Å²) in [6.45, 7) is 3.53. The maximum atomic E-state index is 10.1. The quantitative estimate of drug-likeness (QED) is 0.821. The van der Waals surface area contributed by atoms with Gasteiger partial charge in [0.1, 0.15) is 6.10 Å². The molecule has 1 unspecified atom stereocenters. The van der Waals surface area contributed by atoms with Crippen LogP contribution in [-0.4, -0.2) is 21.5 Å². The minimum absolute atomic E-state index is 0.576. The van der Waals surface area contributed by atoms with Gasteiger partial charge in [0.2, 0.25) is 0 Å². The Hall–Kier alpha value is -1.29. The standard InChI is InChI=1S/C11H16N2O2/c1-2-13-10(5-6-12-13)11(14)9-4-3-7-15-8-9/h5-6,8,11,14H,2-4,7H2,1H3. The number of aliphatic hydroxyl groups is 1. The van der Waals surface area contributed by atoms with Crippen molar-refractivity contribution in [2.24, 2.45) is 0 Å². The lowest BCUT2D eigenvalue weighted by Crippen LogP contribution is -2.12. The number of hydrogen-bond acceptors (Lipinski definition) is 3. The van der Waals surface area contributed by atoms with Crippen LogP contribution in [0.2, 0.25) is 0 Å². The molecule has 1 N–H and O–H groups in total. The third-order valence-corrected chi connectivity index (χ3v) is 2.64. The highest BCUT2D eigenvalue weighted by Crippen LogP contribution is 2.27. The van der Waals surface area contributed by atoms with Gasteiger partial charge in [-0.3, -0.25) is 4.68 Å². The van der Waals surface area contributed by atoms with Gasteiger partial charge < -0.3 is 9.84 Å². The molecule has 0 radical (unpaired) electrons. The van der Waals surface area contributed by atoms with Crippen LogP contribution in [-0.2, 0) is 11.3 Å². The van der Waals surface area contributed by atoms with Gasteiger partial charge in [-0.1, -0.05) is 0 Å². The molecule has 1 atom stereocenters. The van der Waals surface area contributed by atoms with E-state index in [4.69, 9.17) is 4.74 Å². The molecule has 0 aliphatic carbocycles. The number of aromatic nitrogens is 2. The number of rotatable bonds is 3. The Morgan fingerprint density at radius 2 is 2.53 bits per heavy atom. The van der Waals surface area contributed by atoms with E-state index in [0.717, 1.165) is 37.3 Å². The minimum atomic E-state index is -0.576. The van der Waals surface area contributed by atoms with Gasteiger partial charge in [0, 0.05) is 12.7 Å². The van der Waals surface area contributed by atoms with Gasteiger partial charge in [-0.15, -0.1) is 0 Å². The lowest BCUT2D eigenvalue weighted by molar-refractivity contribution is 0.163. The van der Waals surface area contributed by atoms with E-state index in [2.05, 4.69) is 5.10 Å². The second kappa shape index (κ2) is 4.49. The van der Waals surface area contributed by atoms with Crippen LogP contribution in [0.3, 0.4) is 0 Å². The summed E-state index contributed by atoms with van der Waals surface area (Å²) in [6.07, 6.45) is 4.69. The summed E-state index contributed by atoms with van der Waals surface area (Å²) in [4.78, 5) is 0. The van der Waals surface area contributed by atoms with Crippen molar-refractivity contribution < 1.29 is 9.84 Å². The molecule has 2 rings (SSSR count). The molecule has 4 heteroatoms. The summed E-state index contributed by atoms with van der Waals surface area (Å²) in [5, 5.41) is 14.3. The molecular formula is C11H16N2O2. The average molecular weight is 208 g/mol. The van der Waals surface area contributed by atoms with Gasteiger partial charge in [0.15, 0.2) is 0 Å². The Kier molecular flexibility index (Phi) is 3.06. The van der Waals surface area contributed by atoms with Crippen LogP contribution in [0, 0.1) is 0 Å². The second-order valence-electron chi connectivity index (χ2n) is 3.64. The smallest absolute Gasteiger partial charge is 0.120 e. The summed E-state index contributed by atoms with van der Waals surface area (Å²) < 4.78 is 7.03. The molecule has 1 aliphatic rings. The van der Waals surface area contributed by atoms with Crippen molar-refractivity contribution in [1.29, 1.82) is 0 Å². The SMILES string of the molecule is CCn1nccc1C(O)C1=COCCC1. The van der Waals surface area contributed by atoms with Crippen LogP contribution in [0.4, 0.5) is 0 Å². The van der Waals surface area contributed by atoms with Gasteiger partial charge in [0.25, 0.3) is 0 Å². The van der Waals surface area contributed by atoms with Crippen LogP contribution in [0.5, 0.6) is 0 Å². The molecular weight excluding hydrogens is 192 g/mol. The summed E-state index contributed by atoms with van der Waals surface area (Å²) in [7, 11) is 0. The number of aryl methyl sites for hydroxylation is 1. The van der Waals surface area contributed by atoms with Crippen LogP contribution >= 0.6 is 0 Å². The lowest BCUT2D eigenvalue weighted by atomic mass is 10.0. The first kappa shape index (κ1) is 10.2. The first-order chi connectivity index (χ1) is 7.33. The van der Waals surface area contributed by atoms with Crippen molar-refractivity contribution in [2.45, 2.75) is 32.4 Å². The summed E-state index contributed by atoms with van der Waals surface area (Å²) >= 11 is 0. The summed E-state index contributed by atoms with van der Waals surface area (Å²) in [6, 6.07) is 1.85. The van der Waals surface area contributed by atoms with E-state index < -0.39 is 6.10 Å². The van der Waals surface area contributed by atoms with E-state index in [9.17, 15) is 5.11 Å². The number of hydrogen-bond donors (Lipinski definition) is 1. The number of aliphatic hydroxyl groups excluding tert-OH is 1. The third-order valence-electron chi connectivity index (χ3n) is 2.64. The van der Waals surface area contributed by atoms with E-state index in [1.165, 1.54) is 0 Å². The van der Waals surface area contributed by atoms with E-state index in [-0.39, 0.29) is 0 Å². The average Bonchev–Trinajstić information content (AvgIpc) is 2.77. The molecule has 0 spiro atoms. The van der Waals surface area contributed by atoms with Gasteiger partial charge >= 0.3 is 0 Å². The van der Waals surface area contributed by atoms with Crippen LogP contribution in [0.25, 0.3) is 0 Å². The Morgan fingerprint density at radius 3 is 3.20 bits per heavy atom. The molecule has 0 saturated carbocycles. The molecule has 2 heterocycles. The molecule has 0 fully saturated rings. The van der Waals surface area contributed by atoms with E-state index in [0.29, 0.717) is 0 Å². The topological polar surface area (TPSA) is 47.3 Å². The van der Waals surface area contributed by atoms with Crippen molar-refractivity contribution in [3.8, 4) is 0 Å². The fourth-order valence-electron chi connectivity index (χ4n) is 1.82. The van der Waals surface area contributed by atoms with Gasteiger partial charge in [-0.05, 0) is 31.4 Å². The molecule has 0 aromatic carbocycles. The van der Waals surface area contributed by atoms with Crippen molar-refractivity contribution in [3.63, 3.8) is 0 Å². The van der Waals surface area contributed by atoms with Crippen molar-refractivity contribution in [1.82, 2.24) is 9.78 Å². The number of ether oxygens (including phenoxy) is 1. The molecule has 0 bridgehead atoms. The van der Waals surface area contributed by atoms with Crippen LogP contribution < -0.4 is 0 Å².